The molecule has 2 nitrogen and oxygen atoms in total. The molecule has 1 aliphatic carbocycles. The highest BCUT2D eigenvalue weighted by Gasteiger charge is 2.16. The minimum atomic E-state index is 0.644. The number of nitrogens with zero attached hydrogens (tertiary/aromatic N) is 2. The van der Waals surface area contributed by atoms with Crippen LogP contribution >= 0.6 is 11.6 Å². The molecule has 0 bridgehead atoms. The molecule has 0 spiro atoms. The maximum Gasteiger partial charge on any atom is 0.161 e. The average Bonchev–Trinajstić information content (AvgIpc) is 2.65. The summed E-state index contributed by atoms with van der Waals surface area (Å²) in [6.07, 6.45) is 5.69. The highest BCUT2D eigenvalue weighted by atomic mass is 35.5. The maximum absolute atomic E-state index is 6.37. The molecule has 0 amide bonds. The van der Waals surface area contributed by atoms with Crippen LogP contribution in [0.3, 0.4) is 0 Å². The Morgan fingerprint density at radius 2 is 1.79 bits per heavy atom. The summed E-state index contributed by atoms with van der Waals surface area (Å²) in [5.41, 5.74) is 4.58. The Balaban J connectivity index is 2.12. The van der Waals surface area contributed by atoms with Gasteiger partial charge in [-0.05, 0) is 38.2 Å². The van der Waals surface area contributed by atoms with Gasteiger partial charge in [0.25, 0.3) is 0 Å². The zero-order valence-electron chi connectivity index (χ0n) is 11.1. The van der Waals surface area contributed by atoms with E-state index in [2.05, 4.69) is 24.0 Å². The molecule has 19 heavy (non-hydrogen) atoms. The fraction of sp³-hybridized carbons (Fsp3) is 0.375. The van der Waals surface area contributed by atoms with Crippen molar-refractivity contribution in [3.63, 3.8) is 0 Å². The summed E-state index contributed by atoms with van der Waals surface area (Å²) >= 11 is 6.37. The fourth-order valence-electron chi connectivity index (χ4n) is 2.67. The first-order chi connectivity index (χ1) is 9.25. The number of aromatic nitrogens is 2. The third-order valence-corrected chi connectivity index (χ3v) is 4.08. The molecule has 0 saturated heterocycles. The molecule has 1 aliphatic rings. The number of benzene rings is 1. The van der Waals surface area contributed by atoms with Crippen LogP contribution in [0.4, 0.5) is 0 Å². The predicted octanol–water partition coefficient (Wildman–Crippen LogP) is 4.37. The van der Waals surface area contributed by atoms with E-state index >= 15 is 0 Å². The third kappa shape index (κ3) is 2.50. The second-order valence-corrected chi connectivity index (χ2v) is 5.50. The zero-order valence-corrected chi connectivity index (χ0v) is 11.9. The van der Waals surface area contributed by atoms with Crippen LogP contribution in [0, 0.1) is 6.92 Å². The van der Waals surface area contributed by atoms with E-state index in [4.69, 9.17) is 16.6 Å². The summed E-state index contributed by atoms with van der Waals surface area (Å²) in [6, 6.07) is 8.19. The van der Waals surface area contributed by atoms with Crippen molar-refractivity contribution in [2.75, 3.05) is 0 Å². The van der Waals surface area contributed by atoms with Crippen molar-refractivity contribution in [2.24, 2.45) is 0 Å². The lowest BCUT2D eigenvalue weighted by Gasteiger charge is -2.10. The van der Waals surface area contributed by atoms with Crippen LogP contribution in [-0.2, 0) is 12.8 Å². The molecule has 3 heteroatoms. The largest absolute Gasteiger partial charge is 0.233 e. The van der Waals surface area contributed by atoms with Crippen molar-refractivity contribution in [1.82, 2.24) is 9.97 Å². The lowest BCUT2D eigenvalue weighted by Crippen LogP contribution is -2.02. The molecule has 0 saturated carbocycles. The van der Waals surface area contributed by atoms with Gasteiger partial charge in [0.05, 0.1) is 0 Å². The van der Waals surface area contributed by atoms with E-state index in [0.29, 0.717) is 5.15 Å². The first kappa shape index (κ1) is 12.6. The van der Waals surface area contributed by atoms with E-state index in [1.165, 1.54) is 24.8 Å². The van der Waals surface area contributed by atoms with Crippen LogP contribution in [0.5, 0.6) is 0 Å². The standard InChI is InChI=1S/C16H17ClN2/c1-11-7-5-6-8-12(11)16-18-14-10-4-2-3-9-13(14)15(17)19-16/h5-8H,2-4,9-10H2,1H3. The first-order valence-electron chi connectivity index (χ1n) is 6.87. The highest BCUT2D eigenvalue weighted by Crippen LogP contribution is 2.28. The third-order valence-electron chi connectivity index (χ3n) is 3.77. The lowest BCUT2D eigenvalue weighted by atomic mass is 10.1. The number of fused-ring (bicyclic) bond motifs is 1. The normalized spacial score (nSPS) is 14.8. The van der Waals surface area contributed by atoms with Crippen molar-refractivity contribution >= 4 is 11.6 Å². The smallest absolute Gasteiger partial charge is 0.161 e. The van der Waals surface area contributed by atoms with Crippen molar-refractivity contribution in [1.29, 1.82) is 0 Å². The number of rotatable bonds is 1. The molecule has 1 aromatic carbocycles. The van der Waals surface area contributed by atoms with E-state index in [0.717, 1.165) is 35.5 Å². The number of hydrogen-bond donors (Lipinski definition) is 0. The van der Waals surface area contributed by atoms with Crippen molar-refractivity contribution in [3.05, 3.63) is 46.2 Å². The molecule has 98 valence electrons. The Morgan fingerprint density at radius 3 is 2.63 bits per heavy atom. The van der Waals surface area contributed by atoms with Gasteiger partial charge in [-0.3, -0.25) is 0 Å². The Hall–Kier alpha value is -1.41. The predicted molar refractivity (Wildman–Crippen MR) is 78.5 cm³/mol. The van der Waals surface area contributed by atoms with Gasteiger partial charge in [0.2, 0.25) is 0 Å². The van der Waals surface area contributed by atoms with Gasteiger partial charge < -0.3 is 0 Å². The number of halogens is 1. The first-order valence-corrected chi connectivity index (χ1v) is 7.25. The fourth-order valence-corrected chi connectivity index (χ4v) is 2.95. The second-order valence-electron chi connectivity index (χ2n) is 5.14. The Kier molecular flexibility index (Phi) is 3.52. The molecule has 0 fully saturated rings. The van der Waals surface area contributed by atoms with Gasteiger partial charge in [0.15, 0.2) is 5.82 Å². The summed E-state index contributed by atoms with van der Waals surface area (Å²) < 4.78 is 0. The second kappa shape index (κ2) is 5.30. The molecule has 3 rings (SSSR count). The van der Waals surface area contributed by atoms with Crippen LogP contribution in [0.15, 0.2) is 24.3 Å². The average molecular weight is 273 g/mol. The molecule has 1 heterocycles. The monoisotopic (exact) mass is 272 g/mol. The van der Waals surface area contributed by atoms with Gasteiger partial charge in [-0.25, -0.2) is 9.97 Å². The van der Waals surface area contributed by atoms with E-state index in [9.17, 15) is 0 Å². The van der Waals surface area contributed by atoms with Crippen LogP contribution < -0.4 is 0 Å². The van der Waals surface area contributed by atoms with E-state index in [1.54, 1.807) is 0 Å². The Labute approximate surface area is 118 Å². The molecule has 0 atom stereocenters. The lowest BCUT2D eigenvalue weighted by molar-refractivity contribution is 0.709. The zero-order chi connectivity index (χ0) is 13.2. The summed E-state index contributed by atoms with van der Waals surface area (Å²) in [4.78, 5) is 9.28. The highest BCUT2D eigenvalue weighted by molar-refractivity contribution is 6.30. The molecule has 1 aromatic heterocycles. The summed E-state index contributed by atoms with van der Waals surface area (Å²) in [7, 11) is 0. The van der Waals surface area contributed by atoms with E-state index < -0.39 is 0 Å². The quantitative estimate of drug-likeness (QED) is 0.569. The van der Waals surface area contributed by atoms with Crippen molar-refractivity contribution in [3.8, 4) is 11.4 Å². The minimum absolute atomic E-state index is 0.644. The van der Waals surface area contributed by atoms with Gasteiger partial charge in [0, 0.05) is 16.8 Å². The maximum atomic E-state index is 6.37. The van der Waals surface area contributed by atoms with Gasteiger partial charge in [-0.1, -0.05) is 42.3 Å². The summed E-state index contributed by atoms with van der Waals surface area (Å²) in [6.45, 7) is 2.08. The van der Waals surface area contributed by atoms with Gasteiger partial charge in [0.1, 0.15) is 5.15 Å². The summed E-state index contributed by atoms with van der Waals surface area (Å²) in [5, 5.41) is 0.644. The van der Waals surface area contributed by atoms with Crippen molar-refractivity contribution in [2.45, 2.75) is 39.0 Å². The van der Waals surface area contributed by atoms with E-state index in [-0.39, 0.29) is 0 Å². The van der Waals surface area contributed by atoms with Crippen LogP contribution in [0.25, 0.3) is 11.4 Å². The molecule has 0 aliphatic heterocycles. The van der Waals surface area contributed by atoms with Gasteiger partial charge in [-0.2, -0.15) is 0 Å². The number of hydrogen-bond acceptors (Lipinski definition) is 2. The molecule has 2 aromatic rings. The minimum Gasteiger partial charge on any atom is -0.233 e. The SMILES string of the molecule is Cc1ccccc1-c1nc(Cl)c2c(n1)CCCCC2. The van der Waals surface area contributed by atoms with Crippen LogP contribution in [0.2, 0.25) is 5.15 Å². The van der Waals surface area contributed by atoms with Crippen molar-refractivity contribution < 1.29 is 0 Å². The number of aryl methyl sites for hydroxylation is 2. The van der Waals surface area contributed by atoms with Gasteiger partial charge >= 0.3 is 0 Å². The van der Waals surface area contributed by atoms with Gasteiger partial charge in [-0.15, -0.1) is 0 Å². The summed E-state index contributed by atoms with van der Waals surface area (Å²) in [5.74, 6) is 0.767. The molecule has 0 radical (unpaired) electrons. The molecule has 0 N–H and O–H groups in total. The molecule has 0 unspecified atom stereocenters. The van der Waals surface area contributed by atoms with E-state index in [1.807, 2.05) is 12.1 Å². The Bertz CT molecular complexity index is 608. The molecular weight excluding hydrogens is 256 g/mol. The molecular formula is C16H17ClN2. The van der Waals surface area contributed by atoms with Crippen LogP contribution in [-0.4, -0.2) is 9.97 Å². The topological polar surface area (TPSA) is 25.8 Å². The Morgan fingerprint density at radius 1 is 1.00 bits per heavy atom. The van der Waals surface area contributed by atoms with Crippen LogP contribution in [0.1, 0.15) is 36.1 Å².